The average Bonchev–Trinajstić information content (AvgIpc) is 3.08. The Balaban J connectivity index is 1.50. The number of nitrogens with one attached hydrogen (secondary N) is 1. The van der Waals surface area contributed by atoms with Gasteiger partial charge in [0.25, 0.3) is 5.91 Å². The van der Waals surface area contributed by atoms with Gasteiger partial charge in [0.2, 0.25) is 0 Å². The predicted molar refractivity (Wildman–Crippen MR) is 110 cm³/mol. The number of fused-ring (bicyclic) bond motifs is 1. The molecule has 0 unspecified atom stereocenters. The summed E-state index contributed by atoms with van der Waals surface area (Å²) < 4.78 is 12.1. The van der Waals surface area contributed by atoms with Gasteiger partial charge in [0.15, 0.2) is 6.61 Å². The predicted octanol–water partition coefficient (Wildman–Crippen LogP) is 2.99. The maximum atomic E-state index is 11.9. The van der Waals surface area contributed by atoms with E-state index in [1.165, 1.54) is 7.11 Å². The van der Waals surface area contributed by atoms with Gasteiger partial charge in [-0.05, 0) is 42.8 Å². The van der Waals surface area contributed by atoms with Crippen LogP contribution in [0.2, 0.25) is 5.02 Å². The zero-order chi connectivity index (χ0) is 20.6. The first-order valence-electron chi connectivity index (χ1n) is 9.23. The summed E-state index contributed by atoms with van der Waals surface area (Å²) in [5.41, 5.74) is 1.71. The van der Waals surface area contributed by atoms with Crippen LogP contribution in [0.3, 0.4) is 0 Å². The number of hydrogen-bond donors (Lipinski definition) is 1. The molecule has 0 saturated carbocycles. The number of aromatic nitrogens is 2. The van der Waals surface area contributed by atoms with E-state index >= 15 is 0 Å². The van der Waals surface area contributed by atoms with Crippen molar-refractivity contribution in [2.24, 2.45) is 0 Å². The number of amides is 1. The number of rotatable bonds is 9. The summed E-state index contributed by atoms with van der Waals surface area (Å²) >= 11 is 5.82. The number of para-hydroxylation sites is 2. The zero-order valence-corrected chi connectivity index (χ0v) is 16.8. The smallest absolute Gasteiger partial charge is 0.325 e. The molecule has 0 aliphatic rings. The van der Waals surface area contributed by atoms with Gasteiger partial charge in [0, 0.05) is 18.0 Å². The molecule has 152 valence electrons. The lowest BCUT2D eigenvalue weighted by atomic mass is 10.3. The molecule has 0 radical (unpaired) electrons. The molecular weight excluding hydrogens is 394 g/mol. The Morgan fingerprint density at radius 1 is 1.14 bits per heavy atom. The Morgan fingerprint density at radius 3 is 2.66 bits per heavy atom. The monoisotopic (exact) mass is 415 g/mol. The van der Waals surface area contributed by atoms with Crippen LogP contribution in [0.1, 0.15) is 12.2 Å². The molecular formula is C21H22ClN3O4. The molecule has 0 saturated heterocycles. The lowest BCUT2D eigenvalue weighted by Gasteiger charge is -2.09. The standard InChI is InChI=1S/C21H22ClN3O4/c1-28-21(27)13-25-18-6-3-2-5-17(18)24-19(25)7-4-12-23-20(26)14-29-16-10-8-15(22)9-11-16/h2-3,5-6,8-11H,4,7,12-14H2,1H3,(H,23,26). The quantitative estimate of drug-likeness (QED) is 0.429. The van der Waals surface area contributed by atoms with Crippen LogP contribution in [0, 0.1) is 0 Å². The number of imidazole rings is 1. The summed E-state index contributed by atoms with van der Waals surface area (Å²) in [6.07, 6.45) is 1.29. The van der Waals surface area contributed by atoms with E-state index in [0.29, 0.717) is 30.2 Å². The van der Waals surface area contributed by atoms with E-state index in [4.69, 9.17) is 21.1 Å². The third kappa shape index (κ3) is 5.71. The fourth-order valence-electron chi connectivity index (χ4n) is 2.89. The Morgan fingerprint density at radius 2 is 1.90 bits per heavy atom. The number of benzene rings is 2. The van der Waals surface area contributed by atoms with Crippen LogP contribution in [-0.4, -0.2) is 41.7 Å². The number of carbonyl (C=O) groups excluding carboxylic acids is 2. The molecule has 0 aliphatic carbocycles. The highest BCUT2D eigenvalue weighted by Crippen LogP contribution is 2.17. The molecule has 3 rings (SSSR count). The number of nitrogens with zero attached hydrogens (tertiary/aromatic N) is 2. The minimum absolute atomic E-state index is 0.0670. The molecule has 0 aliphatic heterocycles. The molecule has 1 aromatic heterocycles. The fraction of sp³-hybridized carbons (Fsp3) is 0.286. The summed E-state index contributed by atoms with van der Waals surface area (Å²) in [6.45, 7) is 0.514. The molecule has 29 heavy (non-hydrogen) atoms. The van der Waals surface area contributed by atoms with Gasteiger partial charge in [-0.1, -0.05) is 23.7 Å². The lowest BCUT2D eigenvalue weighted by molar-refractivity contribution is -0.141. The van der Waals surface area contributed by atoms with Crippen molar-refractivity contribution in [3.05, 3.63) is 59.4 Å². The summed E-state index contributed by atoms with van der Waals surface area (Å²) in [7, 11) is 1.36. The fourth-order valence-corrected chi connectivity index (χ4v) is 3.02. The van der Waals surface area contributed by atoms with Crippen molar-refractivity contribution in [3.8, 4) is 5.75 Å². The largest absolute Gasteiger partial charge is 0.484 e. The van der Waals surface area contributed by atoms with Crippen LogP contribution in [0.15, 0.2) is 48.5 Å². The minimum Gasteiger partial charge on any atom is -0.484 e. The first-order chi connectivity index (χ1) is 14.1. The van der Waals surface area contributed by atoms with E-state index in [9.17, 15) is 9.59 Å². The second-order valence-corrected chi connectivity index (χ2v) is 6.81. The van der Waals surface area contributed by atoms with Gasteiger partial charge in [-0.2, -0.15) is 0 Å². The topological polar surface area (TPSA) is 82.5 Å². The molecule has 0 spiro atoms. The van der Waals surface area contributed by atoms with Crippen molar-refractivity contribution in [1.29, 1.82) is 0 Å². The number of halogens is 1. The summed E-state index contributed by atoms with van der Waals surface area (Å²) in [5.74, 6) is 0.828. The van der Waals surface area contributed by atoms with E-state index in [-0.39, 0.29) is 25.0 Å². The molecule has 7 nitrogen and oxygen atoms in total. The van der Waals surface area contributed by atoms with Crippen molar-refractivity contribution in [2.45, 2.75) is 19.4 Å². The summed E-state index contributed by atoms with van der Waals surface area (Å²) in [6, 6.07) is 14.5. The SMILES string of the molecule is COC(=O)Cn1c(CCCNC(=O)COc2ccc(Cl)cc2)nc2ccccc21. The van der Waals surface area contributed by atoms with Crippen LogP contribution in [0.4, 0.5) is 0 Å². The zero-order valence-electron chi connectivity index (χ0n) is 16.1. The highest BCUT2D eigenvalue weighted by molar-refractivity contribution is 6.30. The number of aryl methyl sites for hydroxylation is 1. The third-order valence-electron chi connectivity index (χ3n) is 4.33. The average molecular weight is 416 g/mol. The van der Waals surface area contributed by atoms with Gasteiger partial charge < -0.3 is 19.4 Å². The second-order valence-electron chi connectivity index (χ2n) is 6.38. The van der Waals surface area contributed by atoms with E-state index in [1.54, 1.807) is 24.3 Å². The van der Waals surface area contributed by atoms with Crippen LogP contribution in [0.5, 0.6) is 5.75 Å². The number of carbonyl (C=O) groups is 2. The Kier molecular flexibility index (Phi) is 7.08. The molecule has 8 heteroatoms. The second kappa shape index (κ2) is 9.93. The maximum Gasteiger partial charge on any atom is 0.325 e. The summed E-state index contributed by atoms with van der Waals surface area (Å²) in [5, 5.41) is 3.43. The van der Waals surface area contributed by atoms with E-state index in [0.717, 1.165) is 16.9 Å². The van der Waals surface area contributed by atoms with Crippen LogP contribution < -0.4 is 10.1 Å². The van der Waals surface area contributed by atoms with Crippen molar-refractivity contribution in [2.75, 3.05) is 20.3 Å². The molecule has 1 heterocycles. The molecule has 1 amide bonds. The van der Waals surface area contributed by atoms with E-state index in [1.807, 2.05) is 28.8 Å². The Labute approximate surface area is 173 Å². The molecule has 1 N–H and O–H groups in total. The van der Waals surface area contributed by atoms with Gasteiger partial charge in [-0.3, -0.25) is 9.59 Å². The van der Waals surface area contributed by atoms with Crippen molar-refractivity contribution < 1.29 is 19.1 Å². The number of hydrogen-bond acceptors (Lipinski definition) is 5. The number of methoxy groups -OCH3 is 1. The van der Waals surface area contributed by atoms with Gasteiger partial charge in [-0.15, -0.1) is 0 Å². The number of esters is 1. The van der Waals surface area contributed by atoms with Gasteiger partial charge >= 0.3 is 5.97 Å². The van der Waals surface area contributed by atoms with Crippen LogP contribution >= 0.6 is 11.6 Å². The molecule has 2 aromatic carbocycles. The highest BCUT2D eigenvalue weighted by atomic mass is 35.5. The van der Waals surface area contributed by atoms with E-state index in [2.05, 4.69) is 10.3 Å². The molecule has 0 fully saturated rings. The number of ether oxygens (including phenoxy) is 2. The summed E-state index contributed by atoms with van der Waals surface area (Å²) in [4.78, 5) is 28.3. The molecule has 0 bridgehead atoms. The van der Waals surface area contributed by atoms with Gasteiger partial charge in [0.05, 0.1) is 18.1 Å². The van der Waals surface area contributed by atoms with Gasteiger partial charge in [0.1, 0.15) is 18.1 Å². The maximum absolute atomic E-state index is 11.9. The van der Waals surface area contributed by atoms with Crippen molar-refractivity contribution in [3.63, 3.8) is 0 Å². The Bertz CT molecular complexity index is 985. The lowest BCUT2D eigenvalue weighted by Crippen LogP contribution is -2.30. The first-order valence-corrected chi connectivity index (χ1v) is 9.60. The molecule has 3 aromatic rings. The highest BCUT2D eigenvalue weighted by Gasteiger charge is 2.13. The third-order valence-corrected chi connectivity index (χ3v) is 4.58. The molecule has 0 atom stereocenters. The van der Waals surface area contributed by atoms with E-state index < -0.39 is 0 Å². The van der Waals surface area contributed by atoms with Gasteiger partial charge in [-0.25, -0.2) is 4.98 Å². The van der Waals surface area contributed by atoms with Crippen LogP contribution in [0.25, 0.3) is 11.0 Å². The van der Waals surface area contributed by atoms with Crippen molar-refractivity contribution in [1.82, 2.24) is 14.9 Å². The van der Waals surface area contributed by atoms with Crippen molar-refractivity contribution >= 4 is 34.5 Å². The Hall–Kier alpha value is -3.06. The first kappa shape index (κ1) is 20.7. The normalized spacial score (nSPS) is 10.7. The van der Waals surface area contributed by atoms with Crippen LogP contribution in [-0.2, 0) is 27.3 Å². The minimum atomic E-state index is -0.331.